The number of likely N-dealkylation sites (tertiary alicyclic amines) is 2. The standard InChI is InChI=1S/C19H27NO3.C18H23NO3.C2H6/c1-13(2)20-10-9-19(8-7-15(21)12-18(19)20)14-5-6-16(22-3)17(11-14)23-4;1-4-19-10-9-18(8-7-14(20)12-17(18)19)13-5-6-15(21-2)16(11-13)22-3;1-2/h5-6,11,13,18H,7-10,12H2,1-4H3;5-8,11,17H,4,9-10,12H2,1-3H3;1-2H3. The molecule has 0 radical (unpaired) electrons. The van der Waals surface area contributed by atoms with Gasteiger partial charge in [0.25, 0.3) is 0 Å². The van der Waals surface area contributed by atoms with Crippen LogP contribution in [0.4, 0.5) is 0 Å². The van der Waals surface area contributed by atoms with Gasteiger partial charge in [-0.25, -0.2) is 0 Å². The molecular formula is C39H56N2O6. The van der Waals surface area contributed by atoms with Gasteiger partial charge in [0.1, 0.15) is 5.78 Å². The third-order valence-corrected chi connectivity index (χ3v) is 10.9. The molecule has 0 amide bonds. The highest BCUT2D eigenvalue weighted by molar-refractivity contribution is 5.92. The number of hydrogen-bond acceptors (Lipinski definition) is 8. The number of benzene rings is 2. The van der Waals surface area contributed by atoms with Crippen molar-refractivity contribution < 1.29 is 28.5 Å². The van der Waals surface area contributed by atoms with Crippen LogP contribution in [0.3, 0.4) is 0 Å². The van der Waals surface area contributed by atoms with Gasteiger partial charge in [0.05, 0.1) is 28.4 Å². The number of methoxy groups -OCH3 is 4. The minimum Gasteiger partial charge on any atom is -0.493 e. The Hall–Kier alpha value is -3.36. The molecule has 0 N–H and O–H groups in total. The van der Waals surface area contributed by atoms with Crippen LogP contribution in [0.5, 0.6) is 23.0 Å². The zero-order chi connectivity index (χ0) is 34.4. The Labute approximate surface area is 282 Å². The third kappa shape index (κ3) is 6.95. The summed E-state index contributed by atoms with van der Waals surface area (Å²) in [6.07, 6.45) is 8.91. The lowest BCUT2D eigenvalue weighted by atomic mass is 9.66. The summed E-state index contributed by atoms with van der Waals surface area (Å²) in [4.78, 5) is 28.9. The van der Waals surface area contributed by atoms with Crippen LogP contribution in [0.15, 0.2) is 48.6 Å². The van der Waals surface area contributed by atoms with Gasteiger partial charge in [-0.1, -0.05) is 39.0 Å². The molecule has 2 aliphatic heterocycles. The molecule has 1 saturated carbocycles. The zero-order valence-corrected chi connectivity index (χ0v) is 30.1. The van der Waals surface area contributed by atoms with Gasteiger partial charge in [-0.3, -0.25) is 19.4 Å². The first kappa shape index (κ1) is 36.5. The second-order valence-electron chi connectivity index (χ2n) is 13.1. The van der Waals surface area contributed by atoms with E-state index >= 15 is 0 Å². The molecule has 0 aromatic heterocycles. The molecule has 2 aliphatic carbocycles. The maximum Gasteiger partial charge on any atom is 0.161 e. The van der Waals surface area contributed by atoms with Crippen molar-refractivity contribution in [1.29, 1.82) is 0 Å². The molecule has 2 heterocycles. The number of rotatable bonds is 8. The quantitative estimate of drug-likeness (QED) is 0.311. The van der Waals surface area contributed by atoms with E-state index in [4.69, 9.17) is 18.9 Å². The van der Waals surface area contributed by atoms with E-state index in [1.54, 1.807) is 34.5 Å². The van der Waals surface area contributed by atoms with E-state index < -0.39 is 0 Å². The van der Waals surface area contributed by atoms with Crippen molar-refractivity contribution in [1.82, 2.24) is 9.80 Å². The first-order valence-corrected chi connectivity index (χ1v) is 17.3. The third-order valence-electron chi connectivity index (χ3n) is 10.9. The Morgan fingerprint density at radius 2 is 1.36 bits per heavy atom. The van der Waals surface area contributed by atoms with E-state index in [0.29, 0.717) is 37.1 Å². The Bertz CT molecular complexity index is 1420. The zero-order valence-electron chi connectivity index (χ0n) is 30.1. The summed E-state index contributed by atoms with van der Waals surface area (Å²) in [7, 11) is 6.64. The monoisotopic (exact) mass is 648 g/mol. The fourth-order valence-corrected chi connectivity index (χ4v) is 8.42. The molecule has 8 heteroatoms. The van der Waals surface area contributed by atoms with Crippen molar-refractivity contribution in [3.05, 3.63) is 59.7 Å². The molecule has 258 valence electrons. The highest BCUT2D eigenvalue weighted by Gasteiger charge is 2.52. The Balaban J connectivity index is 0.000000202. The van der Waals surface area contributed by atoms with Crippen molar-refractivity contribution in [3.8, 4) is 23.0 Å². The Morgan fingerprint density at radius 1 is 0.766 bits per heavy atom. The van der Waals surface area contributed by atoms with Crippen LogP contribution < -0.4 is 18.9 Å². The summed E-state index contributed by atoms with van der Waals surface area (Å²) < 4.78 is 21.7. The van der Waals surface area contributed by atoms with E-state index in [-0.39, 0.29) is 22.7 Å². The lowest BCUT2D eigenvalue weighted by Crippen LogP contribution is -2.49. The number of ketones is 2. The van der Waals surface area contributed by atoms with Crippen LogP contribution in [-0.4, -0.2) is 87.6 Å². The summed E-state index contributed by atoms with van der Waals surface area (Å²) in [5.74, 6) is 3.64. The first-order valence-electron chi connectivity index (χ1n) is 17.3. The van der Waals surface area contributed by atoms with E-state index in [1.807, 2.05) is 26.0 Å². The fraction of sp³-hybridized carbons (Fsp3) is 0.590. The van der Waals surface area contributed by atoms with Gasteiger partial charge in [-0.15, -0.1) is 0 Å². The number of carbonyl (C=O) groups excluding carboxylic acids is 2. The average Bonchev–Trinajstić information content (AvgIpc) is 3.68. The Kier molecular flexibility index (Phi) is 12.2. The van der Waals surface area contributed by atoms with Gasteiger partial charge in [0.15, 0.2) is 28.8 Å². The first-order chi connectivity index (χ1) is 22.7. The van der Waals surface area contributed by atoms with Crippen LogP contribution in [0.25, 0.3) is 0 Å². The topological polar surface area (TPSA) is 77.5 Å². The van der Waals surface area contributed by atoms with Crippen LogP contribution in [-0.2, 0) is 20.4 Å². The molecule has 8 nitrogen and oxygen atoms in total. The molecule has 0 bridgehead atoms. The maximum absolute atomic E-state index is 12.1. The highest BCUT2D eigenvalue weighted by atomic mass is 16.5. The molecule has 4 atom stereocenters. The number of likely N-dealkylation sites (N-methyl/N-ethyl adjacent to an activating group) is 1. The van der Waals surface area contributed by atoms with Gasteiger partial charge in [-0.2, -0.15) is 0 Å². The van der Waals surface area contributed by atoms with Gasteiger partial charge in [-0.05, 0) is 94.2 Å². The van der Waals surface area contributed by atoms with Crippen LogP contribution in [0, 0.1) is 0 Å². The normalized spacial score (nSPS) is 26.9. The molecular weight excluding hydrogens is 592 g/mol. The molecule has 2 aromatic carbocycles. The lowest BCUT2D eigenvalue weighted by Gasteiger charge is -2.43. The second kappa shape index (κ2) is 15.7. The molecule has 47 heavy (non-hydrogen) atoms. The fourth-order valence-electron chi connectivity index (χ4n) is 8.42. The summed E-state index contributed by atoms with van der Waals surface area (Å²) in [5.41, 5.74) is 2.46. The summed E-state index contributed by atoms with van der Waals surface area (Å²) in [5, 5.41) is 0. The number of hydrogen-bond donors (Lipinski definition) is 0. The van der Waals surface area contributed by atoms with Crippen molar-refractivity contribution in [2.75, 3.05) is 48.1 Å². The number of carbonyl (C=O) groups is 2. The highest BCUT2D eigenvalue weighted by Crippen LogP contribution is 2.50. The molecule has 2 aromatic rings. The number of fused-ring (bicyclic) bond motifs is 2. The maximum atomic E-state index is 12.1. The van der Waals surface area contributed by atoms with Crippen LogP contribution >= 0.6 is 0 Å². The summed E-state index contributed by atoms with van der Waals surface area (Å²) in [6, 6.07) is 13.4. The average molecular weight is 649 g/mol. The second-order valence-corrected chi connectivity index (χ2v) is 13.1. The number of allylic oxidation sites excluding steroid dienone is 1. The van der Waals surface area contributed by atoms with Crippen LogP contribution in [0.1, 0.15) is 84.3 Å². The number of Topliss-reactive ketones (excluding diaryl/α,β-unsaturated/α-hetero) is 1. The largest absolute Gasteiger partial charge is 0.493 e. The SMILES string of the molecule is CC.CCN1CCC2(c3ccc(OC)c(OC)c3)C=CC(=O)CC12.COc1ccc(C23CCC(=O)CC2N(C(C)C)CC3)cc1OC. The number of ether oxygens (including phenoxy) is 4. The lowest BCUT2D eigenvalue weighted by molar-refractivity contribution is -0.123. The van der Waals surface area contributed by atoms with E-state index in [9.17, 15) is 9.59 Å². The van der Waals surface area contributed by atoms with E-state index in [2.05, 4.69) is 60.9 Å². The minimum absolute atomic E-state index is 0.0672. The smallest absolute Gasteiger partial charge is 0.161 e. The molecule has 4 aliphatic rings. The van der Waals surface area contributed by atoms with Crippen molar-refractivity contribution >= 4 is 11.6 Å². The van der Waals surface area contributed by atoms with E-state index in [1.165, 1.54) is 11.1 Å². The van der Waals surface area contributed by atoms with Gasteiger partial charge in [0.2, 0.25) is 0 Å². The number of nitrogens with zero attached hydrogens (tertiary/aromatic N) is 2. The summed E-state index contributed by atoms with van der Waals surface area (Å²) >= 11 is 0. The molecule has 2 saturated heterocycles. The minimum atomic E-state index is -0.0938. The predicted molar refractivity (Wildman–Crippen MR) is 187 cm³/mol. The molecule has 0 spiro atoms. The molecule has 4 unspecified atom stereocenters. The van der Waals surface area contributed by atoms with Crippen molar-refractivity contribution in [2.45, 2.75) is 102 Å². The molecule has 3 fully saturated rings. The predicted octanol–water partition coefficient (Wildman–Crippen LogP) is 6.77. The van der Waals surface area contributed by atoms with Crippen molar-refractivity contribution in [2.24, 2.45) is 0 Å². The van der Waals surface area contributed by atoms with Gasteiger partial charge >= 0.3 is 0 Å². The summed E-state index contributed by atoms with van der Waals surface area (Å²) in [6.45, 7) is 13.7. The van der Waals surface area contributed by atoms with Gasteiger partial charge in [0, 0.05) is 48.2 Å². The van der Waals surface area contributed by atoms with Gasteiger partial charge < -0.3 is 18.9 Å². The molecule has 6 rings (SSSR count). The Morgan fingerprint density at radius 3 is 1.94 bits per heavy atom. The van der Waals surface area contributed by atoms with E-state index in [0.717, 1.165) is 61.9 Å². The van der Waals surface area contributed by atoms with Crippen molar-refractivity contribution in [3.63, 3.8) is 0 Å². The van der Waals surface area contributed by atoms with Crippen LogP contribution in [0.2, 0.25) is 0 Å².